The Morgan fingerprint density at radius 1 is 1.00 bits per heavy atom. The fraction of sp³-hybridized carbons (Fsp3) is 1.00. The molecule has 2 unspecified atom stereocenters. The fourth-order valence-corrected chi connectivity index (χ4v) is 3.14. The van der Waals surface area contributed by atoms with Crippen molar-refractivity contribution in [1.82, 2.24) is 10.2 Å². The maximum absolute atomic E-state index is 5.97. The zero-order valence-electron chi connectivity index (χ0n) is 12.2. The maximum Gasteiger partial charge on any atom is 0.0597 e. The maximum atomic E-state index is 5.97. The molecule has 1 saturated heterocycles. The van der Waals surface area contributed by atoms with Gasteiger partial charge in [-0.25, -0.2) is 0 Å². The predicted octanol–water partition coefficient (Wildman–Crippen LogP) is 2.41. The van der Waals surface area contributed by atoms with Crippen LogP contribution in [0.5, 0.6) is 0 Å². The van der Waals surface area contributed by atoms with Gasteiger partial charge in [-0.1, -0.05) is 12.8 Å². The van der Waals surface area contributed by atoms with Crippen molar-refractivity contribution in [2.24, 2.45) is 0 Å². The Bertz CT molecular complexity index is 217. The van der Waals surface area contributed by atoms with Crippen molar-refractivity contribution >= 4 is 0 Å². The number of nitrogens with one attached hydrogen (secondary N) is 1. The lowest BCUT2D eigenvalue weighted by Gasteiger charge is -2.31. The van der Waals surface area contributed by atoms with Crippen LogP contribution in [0.1, 0.15) is 52.4 Å². The molecular weight excluding hydrogens is 224 g/mol. The molecule has 106 valence electrons. The van der Waals surface area contributed by atoms with E-state index in [0.717, 1.165) is 13.2 Å². The summed E-state index contributed by atoms with van der Waals surface area (Å²) in [6.45, 7) is 9.09. The third kappa shape index (κ3) is 4.87. The van der Waals surface area contributed by atoms with Gasteiger partial charge in [-0.05, 0) is 52.6 Å². The van der Waals surface area contributed by atoms with E-state index in [4.69, 9.17) is 4.74 Å². The molecule has 2 rings (SSSR count). The van der Waals surface area contributed by atoms with Gasteiger partial charge in [0, 0.05) is 18.6 Å². The normalized spacial score (nSPS) is 32.3. The average Bonchev–Trinajstić information content (AvgIpc) is 2.83. The summed E-state index contributed by atoms with van der Waals surface area (Å²) >= 11 is 0. The van der Waals surface area contributed by atoms with Crippen LogP contribution in [0.3, 0.4) is 0 Å². The number of hydrogen-bond donors (Lipinski definition) is 1. The lowest BCUT2D eigenvalue weighted by Crippen LogP contribution is -2.43. The van der Waals surface area contributed by atoms with Crippen molar-refractivity contribution in [2.45, 2.75) is 70.6 Å². The van der Waals surface area contributed by atoms with E-state index in [1.807, 2.05) is 0 Å². The average molecular weight is 254 g/mol. The molecule has 0 aromatic carbocycles. The topological polar surface area (TPSA) is 24.5 Å². The second-order valence-corrected chi connectivity index (χ2v) is 6.17. The van der Waals surface area contributed by atoms with Gasteiger partial charge in [-0.3, -0.25) is 0 Å². The third-order valence-electron chi connectivity index (χ3n) is 4.39. The molecule has 0 radical (unpaired) electrons. The minimum atomic E-state index is 0.569. The van der Waals surface area contributed by atoms with E-state index in [1.54, 1.807) is 0 Å². The zero-order valence-corrected chi connectivity index (χ0v) is 12.2. The summed E-state index contributed by atoms with van der Waals surface area (Å²) in [7, 11) is 0. The van der Waals surface area contributed by atoms with Gasteiger partial charge in [-0.15, -0.1) is 0 Å². The van der Waals surface area contributed by atoms with Gasteiger partial charge in [0.15, 0.2) is 0 Å². The highest BCUT2D eigenvalue weighted by molar-refractivity contribution is 4.75. The Kier molecular flexibility index (Phi) is 5.93. The molecule has 2 atom stereocenters. The van der Waals surface area contributed by atoms with Gasteiger partial charge < -0.3 is 15.0 Å². The van der Waals surface area contributed by atoms with E-state index in [-0.39, 0.29) is 0 Å². The highest BCUT2D eigenvalue weighted by Crippen LogP contribution is 2.20. The van der Waals surface area contributed by atoms with Crippen LogP contribution in [0.2, 0.25) is 0 Å². The summed E-state index contributed by atoms with van der Waals surface area (Å²) in [5.74, 6) is 0. The van der Waals surface area contributed by atoms with Crippen LogP contribution in [-0.4, -0.2) is 49.3 Å². The predicted molar refractivity (Wildman–Crippen MR) is 75.9 cm³/mol. The number of ether oxygens (including phenoxy) is 1. The van der Waals surface area contributed by atoms with Gasteiger partial charge in [0.25, 0.3) is 0 Å². The molecule has 18 heavy (non-hydrogen) atoms. The largest absolute Gasteiger partial charge is 0.377 e. The first-order valence-corrected chi connectivity index (χ1v) is 7.84. The van der Waals surface area contributed by atoms with Crippen LogP contribution in [0.15, 0.2) is 0 Å². The Morgan fingerprint density at radius 3 is 2.22 bits per heavy atom. The van der Waals surface area contributed by atoms with Crippen molar-refractivity contribution in [2.75, 3.05) is 26.2 Å². The Balaban J connectivity index is 1.64. The molecule has 0 amide bonds. The van der Waals surface area contributed by atoms with E-state index in [1.165, 1.54) is 51.6 Å². The van der Waals surface area contributed by atoms with Crippen LogP contribution >= 0.6 is 0 Å². The molecular formula is C15H30N2O. The molecule has 1 N–H and O–H groups in total. The highest BCUT2D eigenvalue weighted by atomic mass is 16.5. The van der Waals surface area contributed by atoms with Crippen molar-refractivity contribution in [3.05, 3.63) is 0 Å². The lowest BCUT2D eigenvalue weighted by atomic mass is 10.1. The van der Waals surface area contributed by atoms with E-state index >= 15 is 0 Å². The molecule has 0 aromatic rings. The summed E-state index contributed by atoms with van der Waals surface area (Å²) in [6, 6.07) is 1.30. The smallest absolute Gasteiger partial charge is 0.0597 e. The first-order valence-electron chi connectivity index (χ1n) is 7.84. The second-order valence-electron chi connectivity index (χ2n) is 6.17. The van der Waals surface area contributed by atoms with Crippen LogP contribution in [-0.2, 0) is 4.74 Å². The molecule has 0 aromatic heterocycles. The Hall–Kier alpha value is -0.120. The van der Waals surface area contributed by atoms with Crippen molar-refractivity contribution < 1.29 is 4.74 Å². The van der Waals surface area contributed by atoms with Gasteiger partial charge >= 0.3 is 0 Å². The number of rotatable bonds is 4. The molecule has 0 bridgehead atoms. The molecule has 1 saturated carbocycles. The highest BCUT2D eigenvalue weighted by Gasteiger charge is 2.18. The summed E-state index contributed by atoms with van der Waals surface area (Å²) in [5.41, 5.74) is 0. The SMILES string of the molecule is CC1CCN(CCOC2CCCC2)CCC(C)N1. The molecule has 0 spiro atoms. The summed E-state index contributed by atoms with van der Waals surface area (Å²) in [4.78, 5) is 2.59. The summed E-state index contributed by atoms with van der Waals surface area (Å²) < 4.78 is 5.97. The summed E-state index contributed by atoms with van der Waals surface area (Å²) in [6.07, 6.45) is 8.40. The monoisotopic (exact) mass is 254 g/mol. The Morgan fingerprint density at radius 2 is 1.61 bits per heavy atom. The fourth-order valence-electron chi connectivity index (χ4n) is 3.14. The molecule has 1 aliphatic heterocycles. The van der Waals surface area contributed by atoms with Gasteiger partial charge in [-0.2, -0.15) is 0 Å². The molecule has 2 aliphatic rings. The van der Waals surface area contributed by atoms with Crippen LogP contribution < -0.4 is 5.32 Å². The zero-order chi connectivity index (χ0) is 12.8. The van der Waals surface area contributed by atoms with Gasteiger partial charge in [0.05, 0.1) is 12.7 Å². The van der Waals surface area contributed by atoms with E-state index in [0.29, 0.717) is 18.2 Å². The van der Waals surface area contributed by atoms with E-state index < -0.39 is 0 Å². The van der Waals surface area contributed by atoms with Crippen molar-refractivity contribution in [3.8, 4) is 0 Å². The molecule has 3 heteroatoms. The van der Waals surface area contributed by atoms with Crippen molar-refractivity contribution in [3.63, 3.8) is 0 Å². The lowest BCUT2D eigenvalue weighted by molar-refractivity contribution is 0.0394. The quantitative estimate of drug-likeness (QED) is 0.834. The first-order chi connectivity index (χ1) is 8.74. The van der Waals surface area contributed by atoms with Gasteiger partial charge in [0.1, 0.15) is 0 Å². The first kappa shape index (κ1) is 14.3. The van der Waals surface area contributed by atoms with Crippen molar-refractivity contribution in [1.29, 1.82) is 0 Å². The molecule has 1 heterocycles. The standard InChI is InChI=1S/C15H30N2O/c1-13-7-9-17(10-8-14(2)16-13)11-12-18-15-5-3-4-6-15/h13-16H,3-12H2,1-2H3. The van der Waals surface area contributed by atoms with E-state index in [9.17, 15) is 0 Å². The van der Waals surface area contributed by atoms with Crippen LogP contribution in [0, 0.1) is 0 Å². The number of hydrogen-bond acceptors (Lipinski definition) is 3. The second kappa shape index (κ2) is 7.46. The minimum absolute atomic E-state index is 0.569. The molecule has 2 fully saturated rings. The summed E-state index contributed by atoms with van der Waals surface area (Å²) in [5, 5.41) is 3.65. The Labute approximate surface area is 112 Å². The van der Waals surface area contributed by atoms with Crippen LogP contribution in [0.25, 0.3) is 0 Å². The molecule has 3 nitrogen and oxygen atoms in total. The third-order valence-corrected chi connectivity index (χ3v) is 4.39. The van der Waals surface area contributed by atoms with Gasteiger partial charge in [0.2, 0.25) is 0 Å². The van der Waals surface area contributed by atoms with E-state index in [2.05, 4.69) is 24.1 Å². The minimum Gasteiger partial charge on any atom is -0.377 e. The van der Waals surface area contributed by atoms with Crippen LogP contribution in [0.4, 0.5) is 0 Å². The molecule has 1 aliphatic carbocycles. The number of nitrogens with zero attached hydrogens (tertiary/aromatic N) is 1.